The zero-order valence-corrected chi connectivity index (χ0v) is 11.5. The Morgan fingerprint density at radius 2 is 1.61 bits per heavy atom. The monoisotopic (exact) mass is 263 g/mol. The zero-order chi connectivity index (χ0) is 12.1. The second kappa shape index (κ2) is 6.97. The van der Waals surface area contributed by atoms with Gasteiger partial charge in [-0.1, -0.05) is 30.3 Å². The maximum absolute atomic E-state index is 4.34. The highest BCUT2D eigenvalue weighted by atomic mass is 35.5. The van der Waals surface area contributed by atoms with Gasteiger partial charge in [-0.2, -0.15) is 0 Å². The summed E-state index contributed by atoms with van der Waals surface area (Å²) in [6.45, 7) is 4.82. The summed E-state index contributed by atoms with van der Waals surface area (Å²) in [5.41, 5.74) is 3.32. The fourth-order valence-electron chi connectivity index (χ4n) is 1.77. The van der Waals surface area contributed by atoms with Crippen molar-refractivity contribution < 1.29 is 0 Å². The molecule has 0 saturated heterocycles. The van der Waals surface area contributed by atoms with Gasteiger partial charge in [0.2, 0.25) is 5.95 Å². The van der Waals surface area contributed by atoms with Crippen molar-refractivity contribution in [2.24, 2.45) is 0 Å². The predicted octanol–water partition coefficient (Wildman–Crippen LogP) is 3.17. The first-order valence-electron chi connectivity index (χ1n) is 5.84. The highest BCUT2D eigenvalue weighted by Crippen LogP contribution is 2.04. The first-order chi connectivity index (χ1) is 8.24. The van der Waals surface area contributed by atoms with Crippen molar-refractivity contribution in [1.82, 2.24) is 9.97 Å². The van der Waals surface area contributed by atoms with Crippen molar-refractivity contribution in [3.05, 3.63) is 53.3 Å². The van der Waals surface area contributed by atoms with E-state index in [1.165, 1.54) is 5.56 Å². The second-order valence-electron chi connectivity index (χ2n) is 4.14. The van der Waals surface area contributed by atoms with E-state index >= 15 is 0 Å². The Morgan fingerprint density at radius 3 is 2.22 bits per heavy atom. The Balaban J connectivity index is 0.00000162. The molecule has 0 atom stereocenters. The van der Waals surface area contributed by atoms with Gasteiger partial charge in [0.05, 0.1) is 0 Å². The van der Waals surface area contributed by atoms with Crippen molar-refractivity contribution in [2.45, 2.75) is 20.3 Å². The van der Waals surface area contributed by atoms with E-state index in [1.54, 1.807) is 0 Å². The summed E-state index contributed by atoms with van der Waals surface area (Å²) >= 11 is 0. The van der Waals surface area contributed by atoms with Crippen LogP contribution in [0.5, 0.6) is 0 Å². The lowest BCUT2D eigenvalue weighted by atomic mass is 10.1. The molecule has 0 bridgehead atoms. The Labute approximate surface area is 114 Å². The van der Waals surface area contributed by atoms with Crippen molar-refractivity contribution in [3.8, 4) is 0 Å². The largest absolute Gasteiger partial charge is 0.354 e. The van der Waals surface area contributed by atoms with E-state index in [0.29, 0.717) is 0 Å². The van der Waals surface area contributed by atoms with Gasteiger partial charge < -0.3 is 5.32 Å². The molecule has 0 fully saturated rings. The molecule has 4 heteroatoms. The average Bonchev–Trinajstić information content (AvgIpc) is 2.29. The van der Waals surface area contributed by atoms with Crippen LogP contribution in [-0.4, -0.2) is 16.5 Å². The van der Waals surface area contributed by atoms with Crippen LogP contribution < -0.4 is 5.32 Å². The van der Waals surface area contributed by atoms with E-state index < -0.39 is 0 Å². The first kappa shape index (κ1) is 14.5. The molecule has 0 radical (unpaired) electrons. The molecule has 96 valence electrons. The number of hydrogen-bond acceptors (Lipinski definition) is 3. The summed E-state index contributed by atoms with van der Waals surface area (Å²) in [6, 6.07) is 12.4. The lowest BCUT2D eigenvalue weighted by Crippen LogP contribution is -2.09. The molecule has 1 aromatic heterocycles. The molecule has 2 rings (SSSR count). The minimum absolute atomic E-state index is 0. The third-order valence-corrected chi connectivity index (χ3v) is 2.52. The molecule has 0 amide bonds. The second-order valence-corrected chi connectivity index (χ2v) is 4.14. The van der Waals surface area contributed by atoms with Crippen molar-refractivity contribution >= 4 is 18.4 Å². The molecule has 0 unspecified atom stereocenters. The summed E-state index contributed by atoms with van der Waals surface area (Å²) in [6.07, 6.45) is 0.983. The van der Waals surface area contributed by atoms with E-state index in [1.807, 2.05) is 26.0 Å². The average molecular weight is 264 g/mol. The number of aryl methyl sites for hydroxylation is 2. The molecular weight excluding hydrogens is 246 g/mol. The fraction of sp³-hybridized carbons (Fsp3) is 0.286. The summed E-state index contributed by atoms with van der Waals surface area (Å²) in [5, 5.41) is 3.25. The highest BCUT2D eigenvalue weighted by molar-refractivity contribution is 5.85. The van der Waals surface area contributed by atoms with E-state index in [-0.39, 0.29) is 12.4 Å². The summed E-state index contributed by atoms with van der Waals surface area (Å²) in [4.78, 5) is 8.69. The van der Waals surface area contributed by atoms with Crippen LogP contribution in [0.3, 0.4) is 0 Å². The van der Waals surface area contributed by atoms with Gasteiger partial charge in [-0.15, -0.1) is 12.4 Å². The van der Waals surface area contributed by atoms with Gasteiger partial charge in [0.25, 0.3) is 0 Å². The molecule has 0 aliphatic heterocycles. The van der Waals surface area contributed by atoms with Gasteiger partial charge in [0.1, 0.15) is 0 Å². The third-order valence-electron chi connectivity index (χ3n) is 2.52. The molecule has 1 aromatic carbocycles. The Kier molecular flexibility index (Phi) is 5.59. The number of halogens is 1. The van der Waals surface area contributed by atoms with Crippen LogP contribution in [0.25, 0.3) is 0 Å². The number of anilines is 1. The standard InChI is InChI=1S/C14H17N3.ClH/c1-11-10-12(2)17-14(16-11)15-9-8-13-6-4-3-5-7-13;/h3-7,10H,8-9H2,1-2H3,(H,15,16,17);1H. The lowest BCUT2D eigenvalue weighted by Gasteiger charge is -2.06. The minimum atomic E-state index is 0. The Morgan fingerprint density at radius 1 is 1.00 bits per heavy atom. The fourth-order valence-corrected chi connectivity index (χ4v) is 1.77. The minimum Gasteiger partial charge on any atom is -0.354 e. The third kappa shape index (κ3) is 4.34. The normalized spacial score (nSPS) is 9.67. The first-order valence-corrected chi connectivity index (χ1v) is 5.84. The van der Waals surface area contributed by atoms with Crippen LogP contribution in [0.2, 0.25) is 0 Å². The number of aromatic nitrogens is 2. The van der Waals surface area contributed by atoms with Gasteiger partial charge >= 0.3 is 0 Å². The van der Waals surface area contributed by atoms with E-state index in [9.17, 15) is 0 Å². The van der Waals surface area contributed by atoms with Crippen LogP contribution in [0, 0.1) is 13.8 Å². The molecule has 2 aromatic rings. The van der Waals surface area contributed by atoms with Crippen molar-refractivity contribution in [2.75, 3.05) is 11.9 Å². The van der Waals surface area contributed by atoms with Gasteiger partial charge in [0.15, 0.2) is 0 Å². The quantitative estimate of drug-likeness (QED) is 0.921. The Hall–Kier alpha value is -1.61. The number of rotatable bonds is 4. The number of nitrogens with zero attached hydrogens (tertiary/aromatic N) is 2. The molecule has 1 heterocycles. The van der Waals surface area contributed by atoms with Crippen LogP contribution >= 0.6 is 12.4 Å². The molecular formula is C14H18ClN3. The molecule has 3 nitrogen and oxygen atoms in total. The number of hydrogen-bond donors (Lipinski definition) is 1. The van der Waals surface area contributed by atoms with Gasteiger partial charge in [-0.3, -0.25) is 0 Å². The SMILES string of the molecule is Cc1cc(C)nc(NCCc2ccccc2)n1.Cl. The smallest absolute Gasteiger partial charge is 0.223 e. The van der Waals surface area contributed by atoms with Gasteiger partial charge in [-0.05, 0) is 31.9 Å². The summed E-state index contributed by atoms with van der Waals surface area (Å²) in [5.74, 6) is 0.721. The molecule has 0 saturated carbocycles. The van der Waals surface area contributed by atoms with Crippen LogP contribution in [0.4, 0.5) is 5.95 Å². The molecule has 18 heavy (non-hydrogen) atoms. The number of nitrogens with one attached hydrogen (secondary N) is 1. The molecule has 0 aliphatic rings. The van der Waals surface area contributed by atoms with E-state index in [4.69, 9.17) is 0 Å². The summed E-state index contributed by atoms with van der Waals surface area (Å²) in [7, 11) is 0. The highest BCUT2D eigenvalue weighted by Gasteiger charge is 1.98. The maximum atomic E-state index is 4.34. The van der Waals surface area contributed by atoms with Gasteiger partial charge in [0, 0.05) is 17.9 Å². The van der Waals surface area contributed by atoms with Crippen LogP contribution in [-0.2, 0) is 6.42 Å². The number of benzene rings is 1. The predicted molar refractivity (Wildman–Crippen MR) is 77.4 cm³/mol. The van der Waals surface area contributed by atoms with Gasteiger partial charge in [-0.25, -0.2) is 9.97 Å². The summed E-state index contributed by atoms with van der Waals surface area (Å²) < 4.78 is 0. The topological polar surface area (TPSA) is 37.8 Å². The van der Waals surface area contributed by atoms with Crippen LogP contribution in [0.15, 0.2) is 36.4 Å². The maximum Gasteiger partial charge on any atom is 0.223 e. The molecule has 0 spiro atoms. The van der Waals surface area contributed by atoms with Crippen LogP contribution in [0.1, 0.15) is 17.0 Å². The zero-order valence-electron chi connectivity index (χ0n) is 10.7. The molecule has 0 aliphatic carbocycles. The van der Waals surface area contributed by atoms with Crippen molar-refractivity contribution in [1.29, 1.82) is 0 Å². The van der Waals surface area contributed by atoms with E-state index in [0.717, 1.165) is 30.3 Å². The van der Waals surface area contributed by atoms with Crippen molar-refractivity contribution in [3.63, 3.8) is 0 Å². The lowest BCUT2D eigenvalue weighted by molar-refractivity contribution is 0.963. The van der Waals surface area contributed by atoms with E-state index in [2.05, 4.69) is 39.6 Å². The molecule has 1 N–H and O–H groups in total. The Bertz CT molecular complexity index is 465.